The number of anilines is 2. The van der Waals surface area contributed by atoms with Crippen LogP contribution in [0.2, 0.25) is 0 Å². The first-order valence-corrected chi connectivity index (χ1v) is 4.11. The van der Waals surface area contributed by atoms with Crippen LogP contribution in [0.3, 0.4) is 0 Å². The third kappa shape index (κ3) is 5.95. The zero-order chi connectivity index (χ0) is 9.19. The van der Waals surface area contributed by atoms with Gasteiger partial charge >= 0.3 is 0 Å². The molecular formula is C10H18Cl2N2. The summed E-state index contributed by atoms with van der Waals surface area (Å²) in [6, 6.07) is 7.77. The topological polar surface area (TPSA) is 38.0 Å². The number of benzene rings is 1. The van der Waals surface area contributed by atoms with Gasteiger partial charge in [0.2, 0.25) is 0 Å². The highest BCUT2D eigenvalue weighted by molar-refractivity contribution is 5.85. The van der Waals surface area contributed by atoms with Crippen LogP contribution in [0.4, 0.5) is 11.4 Å². The van der Waals surface area contributed by atoms with Crippen molar-refractivity contribution >= 4 is 36.2 Å². The first-order valence-electron chi connectivity index (χ1n) is 4.11. The van der Waals surface area contributed by atoms with Crippen LogP contribution in [-0.4, -0.2) is 5.54 Å². The van der Waals surface area contributed by atoms with Crippen molar-refractivity contribution in [3.05, 3.63) is 24.3 Å². The largest absolute Gasteiger partial charge is 0.399 e. The van der Waals surface area contributed by atoms with Crippen LogP contribution < -0.4 is 11.1 Å². The molecule has 3 N–H and O–H groups in total. The second-order valence-corrected chi connectivity index (χ2v) is 4.00. The lowest BCUT2D eigenvalue weighted by Crippen LogP contribution is -2.25. The summed E-state index contributed by atoms with van der Waals surface area (Å²) in [4.78, 5) is 0. The fraction of sp³-hybridized carbons (Fsp3) is 0.400. The van der Waals surface area contributed by atoms with E-state index in [1.54, 1.807) is 0 Å². The van der Waals surface area contributed by atoms with E-state index >= 15 is 0 Å². The van der Waals surface area contributed by atoms with Crippen LogP contribution in [0.25, 0.3) is 0 Å². The van der Waals surface area contributed by atoms with Crippen LogP contribution in [0.1, 0.15) is 20.8 Å². The number of nitrogens with two attached hydrogens (primary N) is 1. The minimum absolute atomic E-state index is 0. The lowest BCUT2D eigenvalue weighted by Gasteiger charge is -2.22. The second-order valence-electron chi connectivity index (χ2n) is 4.00. The maximum absolute atomic E-state index is 5.56. The zero-order valence-corrected chi connectivity index (χ0v) is 10.3. The van der Waals surface area contributed by atoms with Crippen molar-refractivity contribution in [3.8, 4) is 0 Å². The molecule has 0 amide bonds. The van der Waals surface area contributed by atoms with Crippen LogP contribution in [-0.2, 0) is 0 Å². The first kappa shape index (κ1) is 15.9. The number of hydrogen-bond acceptors (Lipinski definition) is 2. The van der Waals surface area contributed by atoms with Gasteiger partial charge in [0.15, 0.2) is 0 Å². The molecule has 0 aliphatic heterocycles. The normalized spacial score (nSPS) is 9.64. The van der Waals surface area contributed by atoms with E-state index in [1.807, 2.05) is 24.3 Å². The molecule has 0 spiro atoms. The Morgan fingerprint density at radius 1 is 1.00 bits per heavy atom. The molecular weight excluding hydrogens is 219 g/mol. The molecule has 0 aliphatic carbocycles. The van der Waals surface area contributed by atoms with Gasteiger partial charge in [-0.25, -0.2) is 0 Å². The summed E-state index contributed by atoms with van der Waals surface area (Å²) in [5.74, 6) is 0. The number of halogens is 2. The van der Waals surface area contributed by atoms with E-state index in [2.05, 4.69) is 26.1 Å². The van der Waals surface area contributed by atoms with Gasteiger partial charge in [-0.3, -0.25) is 0 Å². The third-order valence-electron chi connectivity index (χ3n) is 1.43. The van der Waals surface area contributed by atoms with E-state index in [0.29, 0.717) is 0 Å². The summed E-state index contributed by atoms with van der Waals surface area (Å²) in [6.45, 7) is 6.38. The van der Waals surface area contributed by atoms with Gasteiger partial charge in [-0.1, -0.05) is 0 Å². The molecule has 0 aliphatic rings. The maximum atomic E-state index is 5.56. The summed E-state index contributed by atoms with van der Waals surface area (Å²) >= 11 is 0. The highest BCUT2D eigenvalue weighted by atomic mass is 35.5. The molecule has 1 rings (SSSR count). The highest BCUT2D eigenvalue weighted by Crippen LogP contribution is 2.15. The van der Waals surface area contributed by atoms with Gasteiger partial charge in [0, 0.05) is 16.9 Å². The van der Waals surface area contributed by atoms with E-state index in [0.717, 1.165) is 11.4 Å². The van der Waals surface area contributed by atoms with Crippen molar-refractivity contribution in [1.82, 2.24) is 0 Å². The number of hydrogen-bond donors (Lipinski definition) is 2. The second kappa shape index (κ2) is 5.99. The molecule has 0 atom stereocenters. The first-order chi connectivity index (χ1) is 5.47. The lowest BCUT2D eigenvalue weighted by atomic mass is 10.1. The monoisotopic (exact) mass is 236 g/mol. The van der Waals surface area contributed by atoms with Crippen molar-refractivity contribution in [1.29, 1.82) is 0 Å². The maximum Gasteiger partial charge on any atom is 0.0345 e. The van der Waals surface area contributed by atoms with E-state index in [1.165, 1.54) is 0 Å². The van der Waals surface area contributed by atoms with E-state index < -0.39 is 0 Å². The lowest BCUT2D eigenvalue weighted by molar-refractivity contribution is 0.634. The van der Waals surface area contributed by atoms with Gasteiger partial charge in [0.1, 0.15) is 0 Å². The van der Waals surface area contributed by atoms with Crippen molar-refractivity contribution in [2.75, 3.05) is 11.1 Å². The Morgan fingerprint density at radius 3 is 1.79 bits per heavy atom. The summed E-state index contributed by atoms with van der Waals surface area (Å²) in [7, 11) is 0. The Balaban J connectivity index is 0. The predicted molar refractivity (Wildman–Crippen MR) is 68.7 cm³/mol. The van der Waals surface area contributed by atoms with Gasteiger partial charge in [-0.2, -0.15) is 0 Å². The fourth-order valence-corrected chi connectivity index (χ4v) is 0.999. The van der Waals surface area contributed by atoms with Gasteiger partial charge in [0.05, 0.1) is 0 Å². The Labute approximate surface area is 98.1 Å². The molecule has 0 bridgehead atoms. The average molecular weight is 237 g/mol. The molecule has 4 heteroatoms. The molecule has 0 aromatic heterocycles. The third-order valence-corrected chi connectivity index (χ3v) is 1.43. The van der Waals surface area contributed by atoms with Crippen LogP contribution in [0.5, 0.6) is 0 Å². The van der Waals surface area contributed by atoms with Crippen molar-refractivity contribution in [2.45, 2.75) is 26.3 Å². The zero-order valence-electron chi connectivity index (χ0n) is 8.70. The van der Waals surface area contributed by atoms with Crippen molar-refractivity contribution < 1.29 is 0 Å². The summed E-state index contributed by atoms with van der Waals surface area (Å²) in [6.07, 6.45) is 0. The molecule has 0 unspecified atom stereocenters. The fourth-order valence-electron chi connectivity index (χ4n) is 0.999. The standard InChI is InChI=1S/C10H16N2.2ClH/c1-10(2,3)12-9-6-4-8(11)5-7-9;;/h4-7,12H,11H2,1-3H3;2*1H. The minimum Gasteiger partial charge on any atom is -0.399 e. The molecule has 14 heavy (non-hydrogen) atoms. The van der Waals surface area contributed by atoms with Crippen LogP contribution in [0, 0.1) is 0 Å². The molecule has 1 aromatic rings. The summed E-state index contributed by atoms with van der Waals surface area (Å²) < 4.78 is 0. The molecule has 0 radical (unpaired) electrons. The van der Waals surface area contributed by atoms with E-state index in [-0.39, 0.29) is 30.4 Å². The van der Waals surface area contributed by atoms with E-state index in [9.17, 15) is 0 Å². The smallest absolute Gasteiger partial charge is 0.0345 e. The van der Waals surface area contributed by atoms with Gasteiger partial charge < -0.3 is 11.1 Å². The van der Waals surface area contributed by atoms with Crippen molar-refractivity contribution in [2.24, 2.45) is 0 Å². The van der Waals surface area contributed by atoms with Gasteiger partial charge in [-0.15, -0.1) is 24.8 Å². The van der Waals surface area contributed by atoms with Gasteiger partial charge in [-0.05, 0) is 45.0 Å². The van der Waals surface area contributed by atoms with Gasteiger partial charge in [0.25, 0.3) is 0 Å². The Morgan fingerprint density at radius 2 is 1.43 bits per heavy atom. The Bertz CT molecular complexity index is 252. The highest BCUT2D eigenvalue weighted by Gasteiger charge is 2.07. The summed E-state index contributed by atoms with van der Waals surface area (Å²) in [5, 5.41) is 3.35. The average Bonchev–Trinajstić information content (AvgIpc) is 1.91. The summed E-state index contributed by atoms with van der Waals surface area (Å²) in [5.41, 5.74) is 7.58. The number of nitrogens with one attached hydrogen (secondary N) is 1. The molecule has 0 heterocycles. The van der Waals surface area contributed by atoms with Crippen LogP contribution >= 0.6 is 24.8 Å². The Kier molecular flexibility index (Phi) is 6.79. The minimum atomic E-state index is 0. The molecule has 2 nitrogen and oxygen atoms in total. The quantitative estimate of drug-likeness (QED) is 0.735. The molecule has 0 saturated heterocycles. The SMILES string of the molecule is CC(C)(C)Nc1ccc(N)cc1.Cl.Cl. The van der Waals surface area contributed by atoms with E-state index in [4.69, 9.17) is 5.73 Å². The predicted octanol–water partition coefficient (Wildman–Crippen LogP) is 3.32. The van der Waals surface area contributed by atoms with Crippen LogP contribution in [0.15, 0.2) is 24.3 Å². The molecule has 0 fully saturated rings. The molecule has 0 saturated carbocycles. The Hall–Kier alpha value is -0.600. The van der Waals surface area contributed by atoms with Crippen molar-refractivity contribution in [3.63, 3.8) is 0 Å². The number of nitrogen functional groups attached to an aromatic ring is 1. The molecule has 82 valence electrons. The molecule has 1 aromatic carbocycles. The number of rotatable bonds is 1.